The number of hydrogen-bond donors (Lipinski definition) is 2. The highest BCUT2D eigenvalue weighted by Crippen LogP contribution is 2.27. The molecular weight excluding hydrogens is 226 g/mol. The summed E-state index contributed by atoms with van der Waals surface area (Å²) in [4.78, 5) is 11.1. The van der Waals surface area contributed by atoms with Gasteiger partial charge in [-0.3, -0.25) is 0 Å². The van der Waals surface area contributed by atoms with Crippen LogP contribution in [0.5, 0.6) is 0 Å². The summed E-state index contributed by atoms with van der Waals surface area (Å²) in [6.45, 7) is 2.85. The average molecular weight is 247 g/mol. The van der Waals surface area contributed by atoms with Gasteiger partial charge < -0.3 is 10.4 Å². The molecule has 2 rings (SSSR count). The zero-order valence-electron chi connectivity index (χ0n) is 10.9. The largest absolute Gasteiger partial charge is 0.478 e. The summed E-state index contributed by atoms with van der Waals surface area (Å²) in [7, 11) is 0. The van der Waals surface area contributed by atoms with Crippen molar-refractivity contribution in [3.63, 3.8) is 0 Å². The van der Waals surface area contributed by atoms with Crippen LogP contribution >= 0.6 is 0 Å². The molecule has 3 heteroatoms. The van der Waals surface area contributed by atoms with Crippen LogP contribution in [0.25, 0.3) is 0 Å². The van der Waals surface area contributed by atoms with Crippen LogP contribution in [0.3, 0.4) is 0 Å². The van der Waals surface area contributed by atoms with Crippen molar-refractivity contribution in [3.8, 4) is 0 Å². The molecule has 1 aliphatic rings. The molecule has 1 aromatic carbocycles. The second-order valence-electron chi connectivity index (χ2n) is 5.18. The van der Waals surface area contributed by atoms with Crippen molar-refractivity contribution in [1.82, 2.24) is 5.32 Å². The zero-order chi connectivity index (χ0) is 13.0. The number of aromatic carboxylic acids is 1. The van der Waals surface area contributed by atoms with Crippen LogP contribution in [-0.4, -0.2) is 17.1 Å². The van der Waals surface area contributed by atoms with E-state index < -0.39 is 5.97 Å². The third-order valence-electron chi connectivity index (χ3n) is 3.97. The van der Waals surface area contributed by atoms with E-state index in [4.69, 9.17) is 5.11 Å². The Balaban J connectivity index is 1.95. The van der Waals surface area contributed by atoms with Crippen molar-refractivity contribution in [2.24, 2.45) is 5.92 Å². The van der Waals surface area contributed by atoms with Crippen molar-refractivity contribution in [2.45, 2.75) is 45.2 Å². The highest BCUT2D eigenvalue weighted by Gasteiger charge is 2.21. The fourth-order valence-electron chi connectivity index (χ4n) is 2.78. The minimum atomic E-state index is -0.846. The van der Waals surface area contributed by atoms with Crippen LogP contribution in [0.15, 0.2) is 24.3 Å². The minimum Gasteiger partial charge on any atom is -0.478 e. The first-order chi connectivity index (χ1) is 8.68. The number of carboxylic acids is 1. The van der Waals surface area contributed by atoms with Crippen LogP contribution in [0.1, 0.15) is 48.5 Å². The summed E-state index contributed by atoms with van der Waals surface area (Å²) in [6, 6.07) is 7.68. The molecule has 0 aromatic heterocycles. The highest BCUT2D eigenvalue weighted by atomic mass is 16.4. The van der Waals surface area contributed by atoms with Gasteiger partial charge in [-0.1, -0.05) is 31.0 Å². The molecule has 18 heavy (non-hydrogen) atoms. The second kappa shape index (κ2) is 6.01. The van der Waals surface area contributed by atoms with Crippen molar-refractivity contribution in [3.05, 3.63) is 35.4 Å². The molecule has 0 heterocycles. The molecule has 0 amide bonds. The second-order valence-corrected chi connectivity index (χ2v) is 5.18. The Hall–Kier alpha value is -1.35. The molecule has 0 spiro atoms. The minimum absolute atomic E-state index is 0.406. The van der Waals surface area contributed by atoms with Crippen LogP contribution in [0.4, 0.5) is 0 Å². The molecule has 1 aromatic rings. The lowest BCUT2D eigenvalue weighted by molar-refractivity contribution is 0.0695. The Bertz CT molecular complexity index is 411. The number of nitrogens with one attached hydrogen (secondary N) is 1. The Labute approximate surface area is 108 Å². The Morgan fingerprint density at radius 2 is 2.06 bits per heavy atom. The van der Waals surface area contributed by atoms with Gasteiger partial charge in [0.25, 0.3) is 0 Å². The number of benzene rings is 1. The number of carboxylic acid groups (broad SMARTS) is 1. The molecule has 1 atom stereocenters. The van der Waals surface area contributed by atoms with Crippen LogP contribution < -0.4 is 5.32 Å². The quantitative estimate of drug-likeness (QED) is 0.840. The first kappa shape index (κ1) is 13.1. The maximum absolute atomic E-state index is 11.1. The van der Waals surface area contributed by atoms with Gasteiger partial charge in [-0.2, -0.15) is 0 Å². The first-order valence-corrected chi connectivity index (χ1v) is 6.73. The molecule has 0 saturated heterocycles. The van der Waals surface area contributed by atoms with Crippen molar-refractivity contribution in [1.29, 1.82) is 0 Å². The van der Waals surface area contributed by atoms with E-state index in [0.717, 1.165) is 11.5 Å². The van der Waals surface area contributed by atoms with Gasteiger partial charge in [-0.05, 0) is 37.3 Å². The smallest absolute Gasteiger partial charge is 0.336 e. The van der Waals surface area contributed by atoms with Gasteiger partial charge in [0, 0.05) is 12.6 Å². The van der Waals surface area contributed by atoms with E-state index in [1.54, 1.807) is 12.1 Å². The van der Waals surface area contributed by atoms with Gasteiger partial charge in [0.2, 0.25) is 0 Å². The highest BCUT2D eigenvalue weighted by molar-refractivity contribution is 5.89. The lowest BCUT2D eigenvalue weighted by atomic mass is 9.99. The fourth-order valence-corrected chi connectivity index (χ4v) is 2.78. The summed E-state index contributed by atoms with van der Waals surface area (Å²) in [5.41, 5.74) is 1.28. The Morgan fingerprint density at radius 3 is 2.72 bits per heavy atom. The number of rotatable bonds is 5. The third-order valence-corrected chi connectivity index (χ3v) is 3.97. The Morgan fingerprint density at radius 1 is 1.39 bits per heavy atom. The zero-order valence-corrected chi connectivity index (χ0v) is 10.9. The average Bonchev–Trinajstić information content (AvgIpc) is 2.90. The van der Waals surface area contributed by atoms with E-state index in [-0.39, 0.29) is 0 Å². The third kappa shape index (κ3) is 3.10. The summed E-state index contributed by atoms with van der Waals surface area (Å²) in [6.07, 6.45) is 5.27. The van der Waals surface area contributed by atoms with E-state index in [2.05, 4.69) is 12.2 Å². The standard InChI is InChI=1S/C15H21NO2/c1-11(12-6-2-3-7-12)16-10-13-8-4-5-9-14(13)15(17)18/h4-5,8-9,11-12,16H,2-3,6-7,10H2,1H3,(H,17,18). The molecule has 0 bridgehead atoms. The normalized spacial score (nSPS) is 17.8. The van der Waals surface area contributed by atoms with Gasteiger partial charge in [0.15, 0.2) is 0 Å². The lowest BCUT2D eigenvalue weighted by Gasteiger charge is -2.20. The molecule has 98 valence electrons. The summed E-state index contributed by atoms with van der Waals surface area (Å²) < 4.78 is 0. The van der Waals surface area contributed by atoms with E-state index in [9.17, 15) is 4.79 Å². The van der Waals surface area contributed by atoms with Crippen LogP contribution in [0, 0.1) is 5.92 Å². The molecule has 1 unspecified atom stereocenters. The maximum Gasteiger partial charge on any atom is 0.336 e. The van der Waals surface area contributed by atoms with E-state index in [1.807, 2.05) is 12.1 Å². The molecule has 0 radical (unpaired) electrons. The first-order valence-electron chi connectivity index (χ1n) is 6.73. The molecule has 1 saturated carbocycles. The molecular formula is C15H21NO2. The molecule has 3 nitrogen and oxygen atoms in total. The van der Waals surface area contributed by atoms with Crippen molar-refractivity contribution in [2.75, 3.05) is 0 Å². The van der Waals surface area contributed by atoms with Gasteiger partial charge in [-0.25, -0.2) is 4.79 Å². The molecule has 1 fully saturated rings. The fraction of sp³-hybridized carbons (Fsp3) is 0.533. The van der Waals surface area contributed by atoms with Crippen LogP contribution in [0.2, 0.25) is 0 Å². The van der Waals surface area contributed by atoms with E-state index in [0.29, 0.717) is 18.2 Å². The summed E-state index contributed by atoms with van der Waals surface area (Å²) in [5, 5.41) is 12.6. The SMILES string of the molecule is CC(NCc1ccccc1C(=O)O)C1CCCC1. The topological polar surface area (TPSA) is 49.3 Å². The van der Waals surface area contributed by atoms with E-state index >= 15 is 0 Å². The van der Waals surface area contributed by atoms with Crippen LogP contribution in [-0.2, 0) is 6.54 Å². The van der Waals surface area contributed by atoms with Gasteiger partial charge in [-0.15, -0.1) is 0 Å². The predicted molar refractivity (Wildman–Crippen MR) is 71.7 cm³/mol. The van der Waals surface area contributed by atoms with E-state index in [1.165, 1.54) is 25.7 Å². The monoisotopic (exact) mass is 247 g/mol. The summed E-state index contributed by atoms with van der Waals surface area (Å²) >= 11 is 0. The molecule has 0 aliphatic heterocycles. The summed E-state index contributed by atoms with van der Waals surface area (Å²) in [5.74, 6) is -0.0945. The van der Waals surface area contributed by atoms with Crippen molar-refractivity contribution >= 4 is 5.97 Å². The van der Waals surface area contributed by atoms with Gasteiger partial charge in [0.1, 0.15) is 0 Å². The number of carbonyl (C=O) groups is 1. The van der Waals surface area contributed by atoms with Crippen molar-refractivity contribution < 1.29 is 9.90 Å². The maximum atomic E-state index is 11.1. The molecule has 2 N–H and O–H groups in total. The number of hydrogen-bond acceptors (Lipinski definition) is 2. The van der Waals surface area contributed by atoms with Gasteiger partial charge in [0.05, 0.1) is 5.56 Å². The predicted octanol–water partition coefficient (Wildman–Crippen LogP) is 3.05. The molecule has 1 aliphatic carbocycles. The lowest BCUT2D eigenvalue weighted by Crippen LogP contribution is -2.32. The van der Waals surface area contributed by atoms with Gasteiger partial charge >= 0.3 is 5.97 Å². The Kier molecular flexibility index (Phi) is 4.37.